The molecule has 0 amide bonds. The molecule has 0 aliphatic heterocycles. The summed E-state index contributed by atoms with van der Waals surface area (Å²) in [5.41, 5.74) is 2.09. The lowest BCUT2D eigenvalue weighted by molar-refractivity contribution is -0.136. The third-order valence-electron chi connectivity index (χ3n) is 2.63. The minimum Gasteiger partial charge on any atom is -0.481 e. The van der Waals surface area contributed by atoms with Crippen molar-refractivity contribution >= 4 is 5.97 Å². The number of hydrogen-bond acceptors (Lipinski definition) is 3. The molecule has 4 nitrogen and oxygen atoms in total. The molecule has 3 N–H and O–H groups in total. The van der Waals surface area contributed by atoms with Crippen LogP contribution in [0, 0.1) is 0 Å². The van der Waals surface area contributed by atoms with Gasteiger partial charge in [-0.05, 0) is 17.5 Å². The first-order valence-corrected chi connectivity index (χ1v) is 5.83. The maximum Gasteiger partial charge on any atom is 0.304 e. The summed E-state index contributed by atoms with van der Waals surface area (Å²) in [6.45, 7) is 2.83. The third-order valence-corrected chi connectivity index (χ3v) is 2.63. The molecule has 0 bridgehead atoms. The van der Waals surface area contributed by atoms with Crippen LogP contribution in [0.3, 0.4) is 0 Å². The summed E-state index contributed by atoms with van der Waals surface area (Å²) in [5.74, 6) is -0.834. The van der Waals surface area contributed by atoms with E-state index >= 15 is 0 Å². The molecule has 0 radical (unpaired) electrons. The summed E-state index contributed by atoms with van der Waals surface area (Å²) in [6.07, 6.45) is 0.462. The molecule has 0 aliphatic carbocycles. The zero-order valence-corrected chi connectivity index (χ0v) is 10.0. The largest absolute Gasteiger partial charge is 0.481 e. The first kappa shape index (κ1) is 13.7. The highest BCUT2D eigenvalue weighted by atomic mass is 16.4. The quantitative estimate of drug-likeness (QED) is 0.626. The van der Waals surface area contributed by atoms with Crippen molar-refractivity contribution in [3.8, 4) is 0 Å². The predicted molar refractivity (Wildman–Crippen MR) is 65.9 cm³/mol. The lowest BCUT2D eigenvalue weighted by atomic mass is 10.1. The zero-order valence-electron chi connectivity index (χ0n) is 10.0. The molecule has 17 heavy (non-hydrogen) atoms. The molecule has 1 aromatic carbocycles. The van der Waals surface area contributed by atoms with Crippen molar-refractivity contribution in [1.29, 1.82) is 0 Å². The summed E-state index contributed by atoms with van der Waals surface area (Å²) < 4.78 is 0. The Labute approximate surface area is 101 Å². The van der Waals surface area contributed by atoms with E-state index in [0.29, 0.717) is 13.1 Å². The Morgan fingerprint density at radius 1 is 1.35 bits per heavy atom. The van der Waals surface area contributed by atoms with Gasteiger partial charge in [0.15, 0.2) is 0 Å². The second-order valence-corrected chi connectivity index (χ2v) is 3.96. The van der Waals surface area contributed by atoms with Crippen LogP contribution >= 0.6 is 0 Å². The Bertz CT molecular complexity index is 348. The fourth-order valence-corrected chi connectivity index (χ4v) is 1.53. The monoisotopic (exact) mass is 237 g/mol. The van der Waals surface area contributed by atoms with E-state index in [1.807, 2.05) is 24.3 Å². The minimum absolute atomic E-state index is 0.0709. The number of carboxylic acid groups (broad SMARTS) is 1. The average Bonchev–Trinajstić information content (AvgIpc) is 2.34. The van der Waals surface area contributed by atoms with Crippen molar-refractivity contribution in [3.05, 3.63) is 35.4 Å². The van der Waals surface area contributed by atoms with Gasteiger partial charge in [0.1, 0.15) is 0 Å². The van der Waals surface area contributed by atoms with Crippen molar-refractivity contribution in [3.63, 3.8) is 0 Å². The highest BCUT2D eigenvalue weighted by Crippen LogP contribution is 2.13. The van der Waals surface area contributed by atoms with E-state index in [9.17, 15) is 9.90 Å². The van der Waals surface area contributed by atoms with Crippen molar-refractivity contribution in [2.75, 3.05) is 13.1 Å². The molecule has 1 aromatic rings. The molecule has 94 valence electrons. The van der Waals surface area contributed by atoms with Gasteiger partial charge < -0.3 is 15.5 Å². The van der Waals surface area contributed by atoms with E-state index < -0.39 is 12.1 Å². The van der Waals surface area contributed by atoms with Crippen LogP contribution in [0.25, 0.3) is 0 Å². The Balaban J connectivity index is 2.35. The van der Waals surface area contributed by atoms with Crippen LogP contribution in [0.1, 0.15) is 30.6 Å². The topological polar surface area (TPSA) is 69.6 Å². The zero-order chi connectivity index (χ0) is 12.7. The second-order valence-electron chi connectivity index (χ2n) is 3.96. The lowest BCUT2D eigenvalue weighted by Gasteiger charge is -2.12. The molecule has 4 heteroatoms. The number of carboxylic acids is 1. The van der Waals surface area contributed by atoms with Crippen LogP contribution in [-0.2, 0) is 11.2 Å². The number of nitrogens with one attached hydrogen (secondary N) is 1. The van der Waals surface area contributed by atoms with Crippen LogP contribution < -0.4 is 5.32 Å². The molecule has 0 heterocycles. The Morgan fingerprint density at radius 3 is 2.53 bits per heavy atom. The maximum atomic E-state index is 10.3. The van der Waals surface area contributed by atoms with Gasteiger partial charge in [-0.15, -0.1) is 0 Å². The Kier molecular flexibility index (Phi) is 5.66. The number of aliphatic carboxylic acids is 1. The van der Waals surface area contributed by atoms with Crippen LogP contribution in [-0.4, -0.2) is 29.3 Å². The standard InChI is InChI=1S/C13H19NO3/c1-2-10-3-5-11(6-4-10)12(15)9-14-8-7-13(16)17/h3-6,12,14-15H,2,7-9H2,1H3,(H,16,17). The highest BCUT2D eigenvalue weighted by Gasteiger charge is 2.06. The molecule has 0 saturated heterocycles. The molecule has 0 aliphatic rings. The normalized spacial score (nSPS) is 12.4. The summed E-state index contributed by atoms with van der Waals surface area (Å²) in [7, 11) is 0. The summed E-state index contributed by atoms with van der Waals surface area (Å²) >= 11 is 0. The van der Waals surface area contributed by atoms with Gasteiger partial charge in [-0.3, -0.25) is 4.79 Å². The average molecular weight is 237 g/mol. The third kappa shape index (κ3) is 4.97. The molecule has 1 unspecified atom stereocenters. The van der Waals surface area contributed by atoms with Crippen LogP contribution in [0.5, 0.6) is 0 Å². The molecule has 1 atom stereocenters. The van der Waals surface area contributed by atoms with Crippen LogP contribution in [0.2, 0.25) is 0 Å². The highest BCUT2D eigenvalue weighted by molar-refractivity contribution is 5.66. The number of aliphatic hydroxyl groups excluding tert-OH is 1. The maximum absolute atomic E-state index is 10.3. The predicted octanol–water partition coefficient (Wildman–Crippen LogP) is 1.35. The molecule has 0 fully saturated rings. The van der Waals surface area contributed by atoms with Gasteiger partial charge in [0.2, 0.25) is 0 Å². The summed E-state index contributed by atoms with van der Waals surface area (Å²) in [6, 6.07) is 7.80. The summed E-state index contributed by atoms with van der Waals surface area (Å²) in [4.78, 5) is 10.3. The SMILES string of the molecule is CCc1ccc(C(O)CNCCC(=O)O)cc1. The molecular formula is C13H19NO3. The number of hydrogen-bond donors (Lipinski definition) is 3. The molecule has 1 rings (SSSR count). The van der Waals surface area contributed by atoms with Gasteiger partial charge >= 0.3 is 5.97 Å². The summed E-state index contributed by atoms with van der Waals surface area (Å²) in [5, 5.41) is 21.2. The fourth-order valence-electron chi connectivity index (χ4n) is 1.53. The van der Waals surface area contributed by atoms with Gasteiger partial charge in [0.05, 0.1) is 12.5 Å². The van der Waals surface area contributed by atoms with E-state index in [-0.39, 0.29) is 6.42 Å². The van der Waals surface area contributed by atoms with Crippen molar-refractivity contribution in [2.24, 2.45) is 0 Å². The van der Waals surface area contributed by atoms with Crippen molar-refractivity contribution in [2.45, 2.75) is 25.9 Å². The van der Waals surface area contributed by atoms with Gasteiger partial charge in [-0.1, -0.05) is 31.2 Å². The van der Waals surface area contributed by atoms with Gasteiger partial charge in [0, 0.05) is 13.1 Å². The van der Waals surface area contributed by atoms with E-state index in [1.165, 1.54) is 5.56 Å². The molecular weight excluding hydrogens is 218 g/mol. The van der Waals surface area contributed by atoms with E-state index in [4.69, 9.17) is 5.11 Å². The first-order valence-electron chi connectivity index (χ1n) is 5.83. The van der Waals surface area contributed by atoms with E-state index in [1.54, 1.807) is 0 Å². The van der Waals surface area contributed by atoms with Crippen LogP contribution in [0.15, 0.2) is 24.3 Å². The van der Waals surface area contributed by atoms with Crippen LogP contribution in [0.4, 0.5) is 0 Å². The molecule has 0 saturated carbocycles. The lowest BCUT2D eigenvalue weighted by Crippen LogP contribution is -2.24. The smallest absolute Gasteiger partial charge is 0.304 e. The molecule has 0 aromatic heterocycles. The van der Waals surface area contributed by atoms with Gasteiger partial charge in [-0.25, -0.2) is 0 Å². The fraction of sp³-hybridized carbons (Fsp3) is 0.462. The Hall–Kier alpha value is -1.39. The van der Waals surface area contributed by atoms with Crippen molar-refractivity contribution < 1.29 is 15.0 Å². The number of benzene rings is 1. The van der Waals surface area contributed by atoms with E-state index in [2.05, 4.69) is 12.2 Å². The second kappa shape index (κ2) is 7.04. The number of carbonyl (C=O) groups is 1. The van der Waals surface area contributed by atoms with Gasteiger partial charge in [-0.2, -0.15) is 0 Å². The number of aryl methyl sites for hydroxylation is 1. The number of rotatable bonds is 7. The van der Waals surface area contributed by atoms with Crippen molar-refractivity contribution in [1.82, 2.24) is 5.32 Å². The Morgan fingerprint density at radius 2 is 2.00 bits per heavy atom. The van der Waals surface area contributed by atoms with E-state index in [0.717, 1.165) is 12.0 Å². The first-order chi connectivity index (χ1) is 8.13. The van der Waals surface area contributed by atoms with Gasteiger partial charge in [0.25, 0.3) is 0 Å². The minimum atomic E-state index is -0.834. The molecule has 0 spiro atoms. The number of aliphatic hydroxyl groups is 1.